The second-order valence-corrected chi connectivity index (χ2v) is 12.1. The molecule has 0 radical (unpaired) electrons. The van der Waals surface area contributed by atoms with Crippen LogP contribution in [0.25, 0.3) is 22.2 Å². The summed E-state index contributed by atoms with van der Waals surface area (Å²) < 4.78 is 45.8. The van der Waals surface area contributed by atoms with Crippen LogP contribution in [0.2, 0.25) is 5.02 Å². The molecule has 1 atom stereocenters. The first-order valence-corrected chi connectivity index (χ1v) is 14.7. The third-order valence-electron chi connectivity index (χ3n) is 8.54. The van der Waals surface area contributed by atoms with E-state index in [0.717, 1.165) is 12.8 Å². The van der Waals surface area contributed by atoms with Crippen LogP contribution >= 0.6 is 11.6 Å². The van der Waals surface area contributed by atoms with Crippen LogP contribution in [0.4, 0.5) is 8.78 Å². The molecule has 1 unspecified atom stereocenters. The molecule has 1 saturated carbocycles. The highest BCUT2D eigenvalue weighted by Gasteiger charge is 2.44. The van der Waals surface area contributed by atoms with Crippen LogP contribution in [0, 0.1) is 28.4 Å². The highest BCUT2D eigenvalue weighted by Crippen LogP contribution is 2.51. The van der Waals surface area contributed by atoms with E-state index in [0.29, 0.717) is 57.6 Å². The molecule has 0 bridgehead atoms. The van der Waals surface area contributed by atoms with Crippen molar-refractivity contribution in [1.82, 2.24) is 14.5 Å². The van der Waals surface area contributed by atoms with Crippen molar-refractivity contribution in [2.75, 3.05) is 0 Å². The van der Waals surface area contributed by atoms with Crippen molar-refractivity contribution in [2.45, 2.75) is 44.9 Å². The van der Waals surface area contributed by atoms with Gasteiger partial charge in [-0.3, -0.25) is 4.98 Å². The van der Waals surface area contributed by atoms with Crippen molar-refractivity contribution >= 4 is 28.6 Å². The molecule has 226 valence electrons. The number of aromatic carboxylic acids is 1. The van der Waals surface area contributed by atoms with Crippen LogP contribution in [-0.4, -0.2) is 25.6 Å². The molecule has 0 saturated heterocycles. The largest absolute Gasteiger partial charge is 0.478 e. The van der Waals surface area contributed by atoms with Gasteiger partial charge in [0.05, 0.1) is 27.7 Å². The zero-order chi connectivity index (χ0) is 31.5. The third-order valence-corrected chi connectivity index (χ3v) is 8.76. The van der Waals surface area contributed by atoms with Crippen molar-refractivity contribution in [1.29, 1.82) is 5.26 Å². The van der Waals surface area contributed by atoms with Crippen molar-refractivity contribution in [3.05, 3.63) is 106 Å². The minimum atomic E-state index is -1.27. The predicted molar refractivity (Wildman–Crippen MR) is 161 cm³/mol. The Balaban J connectivity index is 1.24. The van der Waals surface area contributed by atoms with Gasteiger partial charge in [0.25, 0.3) is 5.79 Å². The lowest BCUT2D eigenvalue weighted by Crippen LogP contribution is -2.32. The van der Waals surface area contributed by atoms with Crippen LogP contribution in [0.3, 0.4) is 0 Å². The van der Waals surface area contributed by atoms with E-state index in [2.05, 4.69) is 16.0 Å². The van der Waals surface area contributed by atoms with Gasteiger partial charge < -0.3 is 19.1 Å². The van der Waals surface area contributed by atoms with Gasteiger partial charge in [-0.1, -0.05) is 23.7 Å². The van der Waals surface area contributed by atoms with Gasteiger partial charge in [0.15, 0.2) is 11.5 Å². The number of ether oxygens (including phenoxy) is 2. The highest BCUT2D eigenvalue weighted by atomic mass is 35.5. The maximum absolute atomic E-state index is 15.8. The van der Waals surface area contributed by atoms with E-state index in [9.17, 15) is 15.2 Å². The Morgan fingerprint density at radius 1 is 1.11 bits per heavy atom. The van der Waals surface area contributed by atoms with Crippen molar-refractivity contribution < 1.29 is 28.2 Å². The number of para-hydroxylation sites is 1. The van der Waals surface area contributed by atoms with E-state index >= 15 is 8.78 Å². The first-order chi connectivity index (χ1) is 21.6. The first kappa shape index (κ1) is 28.7. The minimum absolute atomic E-state index is 0.0755. The number of halogens is 3. The number of hydrogen-bond acceptors (Lipinski definition) is 6. The molecular weight excluding hydrogens is 602 g/mol. The fraction of sp³-hybridized carbons (Fsp3) is 0.235. The van der Waals surface area contributed by atoms with E-state index in [1.54, 1.807) is 47.9 Å². The molecule has 5 aromatic rings. The molecule has 7 rings (SSSR count). The topological polar surface area (TPSA) is 110 Å². The molecule has 45 heavy (non-hydrogen) atoms. The summed E-state index contributed by atoms with van der Waals surface area (Å²) in [7, 11) is 0. The number of aromatic nitrogens is 3. The number of imidazole rings is 1. The Hall–Kier alpha value is -5.01. The molecule has 11 heteroatoms. The number of benzene rings is 3. The molecule has 2 aromatic heterocycles. The summed E-state index contributed by atoms with van der Waals surface area (Å²) in [6.07, 6.45) is 3.29. The van der Waals surface area contributed by atoms with Crippen LogP contribution in [0.1, 0.15) is 53.6 Å². The maximum atomic E-state index is 15.8. The Labute approximate surface area is 261 Å². The number of carboxylic acid groups (broad SMARTS) is 1. The molecule has 8 nitrogen and oxygen atoms in total. The molecule has 1 N–H and O–H groups in total. The van der Waals surface area contributed by atoms with Crippen LogP contribution in [0.15, 0.2) is 66.9 Å². The standard InChI is InChI=1S/C34H25ClF2N4O4/c1-33(29-8-6-21(35)17-39-29)44-28-4-2-3-22(31(28)45-33)20-13-24(36)23(25(37)14-20)16-30-40-26-7-5-19(32(42)43)15-27(26)41(30)18-34(9-10-34)11-12-38/h2-8,13-15,17H,9-11,16,18H2,1H3,(H,42,43). The van der Waals surface area contributed by atoms with Gasteiger partial charge in [-0.2, -0.15) is 5.26 Å². The Kier molecular flexibility index (Phi) is 6.75. The van der Waals surface area contributed by atoms with Crippen LogP contribution in [-0.2, 0) is 18.8 Å². The van der Waals surface area contributed by atoms with Crippen molar-refractivity contribution in [2.24, 2.45) is 5.41 Å². The zero-order valence-corrected chi connectivity index (χ0v) is 24.7. The number of fused-ring (bicyclic) bond motifs is 2. The maximum Gasteiger partial charge on any atom is 0.335 e. The monoisotopic (exact) mass is 626 g/mol. The van der Waals surface area contributed by atoms with Gasteiger partial charge in [0, 0.05) is 49.0 Å². The second-order valence-electron chi connectivity index (χ2n) is 11.7. The average molecular weight is 627 g/mol. The van der Waals surface area contributed by atoms with Gasteiger partial charge in [-0.25, -0.2) is 18.6 Å². The summed E-state index contributed by atoms with van der Waals surface area (Å²) in [4.78, 5) is 20.6. The van der Waals surface area contributed by atoms with E-state index in [1.165, 1.54) is 30.5 Å². The fourth-order valence-electron chi connectivity index (χ4n) is 5.88. The summed E-state index contributed by atoms with van der Waals surface area (Å²) in [6.45, 7) is 2.09. The molecule has 3 heterocycles. The quantitative estimate of drug-likeness (QED) is 0.188. The smallest absolute Gasteiger partial charge is 0.335 e. The van der Waals surface area contributed by atoms with Crippen LogP contribution < -0.4 is 9.47 Å². The zero-order valence-electron chi connectivity index (χ0n) is 24.0. The van der Waals surface area contributed by atoms with Gasteiger partial charge in [-0.05, 0) is 66.9 Å². The van der Waals surface area contributed by atoms with E-state index < -0.39 is 23.4 Å². The molecule has 3 aromatic carbocycles. The number of nitrogens with zero attached hydrogens (tertiary/aromatic N) is 4. The molecular formula is C34H25ClF2N4O4. The van der Waals surface area contributed by atoms with Crippen LogP contribution in [0.5, 0.6) is 11.5 Å². The highest BCUT2D eigenvalue weighted by molar-refractivity contribution is 6.30. The molecule has 0 amide bonds. The summed E-state index contributed by atoms with van der Waals surface area (Å²) >= 11 is 5.99. The van der Waals surface area contributed by atoms with E-state index in [4.69, 9.17) is 21.1 Å². The van der Waals surface area contributed by atoms with Gasteiger partial charge in [0.1, 0.15) is 23.2 Å². The summed E-state index contributed by atoms with van der Waals surface area (Å²) in [5, 5.41) is 19.4. The van der Waals surface area contributed by atoms with E-state index in [1.807, 2.05) is 0 Å². The van der Waals surface area contributed by atoms with Gasteiger partial charge in [-0.15, -0.1) is 0 Å². The number of hydrogen-bond donors (Lipinski definition) is 1. The molecule has 0 spiro atoms. The van der Waals surface area contributed by atoms with Gasteiger partial charge >= 0.3 is 5.97 Å². The van der Waals surface area contributed by atoms with E-state index in [-0.39, 0.29) is 28.5 Å². The average Bonchev–Trinajstić information content (AvgIpc) is 3.54. The minimum Gasteiger partial charge on any atom is -0.478 e. The third kappa shape index (κ3) is 5.13. The number of nitriles is 1. The first-order valence-electron chi connectivity index (χ1n) is 14.3. The van der Waals surface area contributed by atoms with Crippen molar-refractivity contribution in [3.63, 3.8) is 0 Å². The molecule has 1 aliphatic carbocycles. The number of carboxylic acids is 1. The molecule has 1 fully saturated rings. The van der Waals surface area contributed by atoms with Gasteiger partial charge in [0.2, 0.25) is 0 Å². The predicted octanol–water partition coefficient (Wildman–Crippen LogP) is 7.66. The lowest BCUT2D eigenvalue weighted by atomic mass is 10.00. The summed E-state index contributed by atoms with van der Waals surface area (Å²) in [5.74, 6) is -2.80. The summed E-state index contributed by atoms with van der Waals surface area (Å²) in [5.41, 5.74) is 1.84. The Morgan fingerprint density at radius 3 is 2.56 bits per heavy atom. The van der Waals surface area contributed by atoms with Crippen molar-refractivity contribution in [3.8, 4) is 28.7 Å². The normalized spacial score (nSPS) is 17.8. The second kappa shape index (κ2) is 10.6. The number of pyridine rings is 1. The summed E-state index contributed by atoms with van der Waals surface area (Å²) in [6, 6.07) is 17.7. The number of rotatable bonds is 8. The molecule has 1 aliphatic heterocycles. The SMILES string of the molecule is CC1(c2ccc(Cl)cn2)Oc2cccc(-c3cc(F)c(Cc4nc5ccc(C(=O)O)cc5n4CC4(CC#N)CC4)c(F)c3)c2O1. The lowest BCUT2D eigenvalue weighted by Gasteiger charge is -2.22. The Bertz CT molecular complexity index is 2030. The lowest BCUT2D eigenvalue weighted by molar-refractivity contribution is -0.0715. The fourth-order valence-corrected chi connectivity index (χ4v) is 5.99. The number of carbonyl (C=O) groups is 1. The Morgan fingerprint density at radius 2 is 1.89 bits per heavy atom. The molecule has 2 aliphatic rings.